The Balaban J connectivity index is 2.18. The zero-order valence-electron chi connectivity index (χ0n) is 15.4. The highest BCUT2D eigenvalue weighted by Crippen LogP contribution is 2.22. The Hall–Kier alpha value is -2.55. The molecule has 9 heteroatoms. The standard InChI is InChI=1S/C17H24N4O4S/c1-5-20(6-2)14-7-9-15(10-8-14)21(26(4,23)24)12-17(22)18-16-11-13(3)25-19-16/h7-11H,5-6,12H2,1-4H3,(H,18,19,22). The van der Waals surface area contributed by atoms with Gasteiger partial charge in [0.2, 0.25) is 15.9 Å². The molecule has 0 saturated heterocycles. The molecule has 0 aliphatic carbocycles. The number of aryl methyl sites for hydroxylation is 1. The molecule has 0 aliphatic heterocycles. The third-order valence-corrected chi connectivity index (χ3v) is 4.99. The molecule has 1 amide bonds. The van der Waals surface area contributed by atoms with Crippen LogP contribution in [0.5, 0.6) is 0 Å². The second kappa shape index (κ2) is 8.22. The number of hydrogen-bond donors (Lipinski definition) is 1. The first kappa shape index (κ1) is 19.8. The lowest BCUT2D eigenvalue weighted by atomic mass is 10.2. The molecule has 0 bridgehead atoms. The van der Waals surface area contributed by atoms with Crippen LogP contribution in [0.25, 0.3) is 0 Å². The number of carbonyl (C=O) groups excluding carboxylic acids is 1. The third-order valence-electron chi connectivity index (χ3n) is 3.85. The Morgan fingerprint density at radius 3 is 2.19 bits per heavy atom. The summed E-state index contributed by atoms with van der Waals surface area (Å²) in [7, 11) is -3.63. The Morgan fingerprint density at radius 1 is 1.15 bits per heavy atom. The van der Waals surface area contributed by atoms with Gasteiger partial charge in [-0.1, -0.05) is 5.16 Å². The monoisotopic (exact) mass is 380 g/mol. The van der Waals surface area contributed by atoms with Gasteiger partial charge in [-0.3, -0.25) is 9.10 Å². The first-order chi connectivity index (χ1) is 12.2. The van der Waals surface area contributed by atoms with Gasteiger partial charge in [0.05, 0.1) is 11.9 Å². The van der Waals surface area contributed by atoms with E-state index < -0.39 is 15.9 Å². The van der Waals surface area contributed by atoms with Crippen molar-refractivity contribution in [1.82, 2.24) is 5.16 Å². The molecule has 1 heterocycles. The Morgan fingerprint density at radius 2 is 1.73 bits per heavy atom. The van der Waals surface area contributed by atoms with E-state index in [0.29, 0.717) is 11.4 Å². The predicted molar refractivity (Wildman–Crippen MR) is 102 cm³/mol. The smallest absolute Gasteiger partial charge is 0.246 e. The number of nitrogens with zero attached hydrogens (tertiary/aromatic N) is 3. The fourth-order valence-electron chi connectivity index (χ4n) is 2.56. The van der Waals surface area contributed by atoms with E-state index in [-0.39, 0.29) is 12.4 Å². The van der Waals surface area contributed by atoms with Crippen LogP contribution in [0.1, 0.15) is 19.6 Å². The summed E-state index contributed by atoms with van der Waals surface area (Å²) in [6.07, 6.45) is 1.07. The summed E-state index contributed by atoms with van der Waals surface area (Å²) in [5.74, 6) is 0.293. The lowest BCUT2D eigenvalue weighted by Gasteiger charge is -2.24. The maximum absolute atomic E-state index is 12.2. The zero-order chi connectivity index (χ0) is 19.3. The topological polar surface area (TPSA) is 95.8 Å². The van der Waals surface area contributed by atoms with Crippen molar-refractivity contribution in [2.75, 3.05) is 40.4 Å². The minimum Gasteiger partial charge on any atom is -0.372 e. The quantitative estimate of drug-likeness (QED) is 0.754. The molecule has 0 saturated carbocycles. The Labute approximate surface area is 153 Å². The zero-order valence-corrected chi connectivity index (χ0v) is 16.2. The maximum atomic E-state index is 12.2. The van der Waals surface area contributed by atoms with E-state index in [2.05, 4.69) is 29.2 Å². The van der Waals surface area contributed by atoms with Crippen LogP contribution in [0.4, 0.5) is 17.2 Å². The number of nitrogens with one attached hydrogen (secondary N) is 1. The molecule has 1 N–H and O–H groups in total. The summed E-state index contributed by atoms with van der Waals surface area (Å²) >= 11 is 0. The van der Waals surface area contributed by atoms with Crippen molar-refractivity contribution in [1.29, 1.82) is 0 Å². The number of benzene rings is 1. The largest absolute Gasteiger partial charge is 0.372 e. The van der Waals surface area contributed by atoms with E-state index in [0.717, 1.165) is 29.3 Å². The molecule has 0 radical (unpaired) electrons. The second-order valence-corrected chi connectivity index (χ2v) is 7.74. The van der Waals surface area contributed by atoms with Gasteiger partial charge in [-0.15, -0.1) is 0 Å². The van der Waals surface area contributed by atoms with Gasteiger partial charge in [0.15, 0.2) is 5.82 Å². The number of anilines is 3. The van der Waals surface area contributed by atoms with Crippen molar-refractivity contribution >= 4 is 33.1 Å². The summed E-state index contributed by atoms with van der Waals surface area (Å²) in [6, 6.07) is 8.64. The summed E-state index contributed by atoms with van der Waals surface area (Å²) in [6.45, 7) is 7.15. The molecule has 26 heavy (non-hydrogen) atoms. The van der Waals surface area contributed by atoms with Gasteiger partial charge in [0, 0.05) is 24.8 Å². The molecule has 0 aliphatic rings. The van der Waals surface area contributed by atoms with Crippen molar-refractivity contribution in [3.8, 4) is 0 Å². The fraction of sp³-hybridized carbons (Fsp3) is 0.412. The van der Waals surface area contributed by atoms with E-state index in [9.17, 15) is 13.2 Å². The number of amides is 1. The predicted octanol–water partition coefficient (Wildman–Crippen LogP) is 2.23. The highest BCUT2D eigenvalue weighted by Gasteiger charge is 2.21. The van der Waals surface area contributed by atoms with E-state index in [1.54, 1.807) is 25.1 Å². The van der Waals surface area contributed by atoms with Gasteiger partial charge in [-0.25, -0.2) is 8.42 Å². The van der Waals surface area contributed by atoms with E-state index in [1.165, 1.54) is 0 Å². The molecule has 142 valence electrons. The molecule has 8 nitrogen and oxygen atoms in total. The normalized spacial score (nSPS) is 11.2. The van der Waals surface area contributed by atoms with Crippen LogP contribution < -0.4 is 14.5 Å². The fourth-order valence-corrected chi connectivity index (χ4v) is 3.41. The van der Waals surface area contributed by atoms with Crippen molar-refractivity contribution in [2.45, 2.75) is 20.8 Å². The van der Waals surface area contributed by atoms with E-state index >= 15 is 0 Å². The second-order valence-electron chi connectivity index (χ2n) is 5.83. The van der Waals surface area contributed by atoms with Crippen LogP contribution in [-0.2, 0) is 14.8 Å². The molecular weight excluding hydrogens is 356 g/mol. The molecule has 0 unspecified atom stereocenters. The minimum absolute atomic E-state index is 0.248. The summed E-state index contributed by atoms with van der Waals surface area (Å²) in [5.41, 5.74) is 1.42. The Bertz CT molecular complexity index is 842. The van der Waals surface area contributed by atoms with Crippen LogP contribution in [0.3, 0.4) is 0 Å². The Kier molecular flexibility index (Phi) is 6.25. The van der Waals surface area contributed by atoms with Crippen LogP contribution in [-0.4, -0.2) is 45.4 Å². The van der Waals surface area contributed by atoms with Gasteiger partial charge in [0.25, 0.3) is 0 Å². The summed E-state index contributed by atoms with van der Waals surface area (Å²) in [5, 5.41) is 6.19. The lowest BCUT2D eigenvalue weighted by molar-refractivity contribution is -0.114. The molecular formula is C17H24N4O4S. The molecule has 2 rings (SSSR count). The molecule has 0 atom stereocenters. The van der Waals surface area contributed by atoms with E-state index in [1.807, 2.05) is 12.1 Å². The molecule has 0 fully saturated rings. The first-order valence-corrected chi connectivity index (χ1v) is 10.1. The van der Waals surface area contributed by atoms with Crippen molar-refractivity contribution in [3.63, 3.8) is 0 Å². The first-order valence-electron chi connectivity index (χ1n) is 8.30. The van der Waals surface area contributed by atoms with E-state index in [4.69, 9.17) is 4.52 Å². The highest BCUT2D eigenvalue weighted by molar-refractivity contribution is 7.92. The van der Waals surface area contributed by atoms with Crippen molar-refractivity contribution < 1.29 is 17.7 Å². The van der Waals surface area contributed by atoms with Crippen LogP contribution in [0.2, 0.25) is 0 Å². The summed E-state index contributed by atoms with van der Waals surface area (Å²) in [4.78, 5) is 14.4. The van der Waals surface area contributed by atoms with Crippen LogP contribution >= 0.6 is 0 Å². The van der Waals surface area contributed by atoms with Crippen molar-refractivity contribution in [2.24, 2.45) is 0 Å². The lowest BCUT2D eigenvalue weighted by Crippen LogP contribution is -2.37. The number of sulfonamides is 1. The van der Waals surface area contributed by atoms with Crippen molar-refractivity contribution in [3.05, 3.63) is 36.1 Å². The molecule has 1 aromatic carbocycles. The number of aromatic nitrogens is 1. The minimum atomic E-state index is -3.63. The average molecular weight is 380 g/mol. The molecule has 2 aromatic rings. The van der Waals surface area contributed by atoms with Crippen LogP contribution in [0.15, 0.2) is 34.9 Å². The third kappa shape index (κ3) is 4.98. The number of carbonyl (C=O) groups is 1. The molecule has 1 aromatic heterocycles. The van der Waals surface area contributed by atoms with Gasteiger partial charge in [-0.2, -0.15) is 0 Å². The van der Waals surface area contributed by atoms with Gasteiger partial charge in [-0.05, 0) is 45.0 Å². The number of hydrogen-bond acceptors (Lipinski definition) is 6. The molecule has 0 spiro atoms. The van der Waals surface area contributed by atoms with Gasteiger partial charge >= 0.3 is 0 Å². The summed E-state index contributed by atoms with van der Waals surface area (Å²) < 4.78 is 30.2. The average Bonchev–Trinajstić information content (AvgIpc) is 2.98. The van der Waals surface area contributed by atoms with Crippen LogP contribution in [0, 0.1) is 6.92 Å². The maximum Gasteiger partial charge on any atom is 0.246 e. The number of rotatable bonds is 8. The van der Waals surface area contributed by atoms with Gasteiger partial charge < -0.3 is 14.7 Å². The van der Waals surface area contributed by atoms with Gasteiger partial charge in [0.1, 0.15) is 12.3 Å². The highest BCUT2D eigenvalue weighted by atomic mass is 32.2. The SMILES string of the molecule is CCN(CC)c1ccc(N(CC(=O)Nc2cc(C)on2)S(C)(=O)=O)cc1.